The first-order chi connectivity index (χ1) is 22.9. The third-order valence-corrected chi connectivity index (χ3v) is 10.4. The van der Waals surface area contributed by atoms with Crippen LogP contribution in [-0.4, -0.2) is 70.7 Å². The number of ether oxygens (including phenoxy) is 6. The molecule has 248 valence electrons. The standard InChI is InChI=1S/C37H42N2O7S/c1-41-30-12-11-22(16-31(30)42-2)15-29-25-18-33(44-4)32(43-3)17-23(25)13-14-39(29)36(40)21-47-37-24-9-7-8-10-27(24)38-28-20-35(46-6)34(45-5)19-26(28)37/h11-12,16-20,29H,7-10,13-15,21H2,1-6H3. The molecule has 0 radical (unpaired) electrons. The Morgan fingerprint density at radius 2 is 1.40 bits per heavy atom. The zero-order valence-corrected chi connectivity index (χ0v) is 28.8. The summed E-state index contributed by atoms with van der Waals surface area (Å²) in [4.78, 5) is 22.5. The number of aromatic nitrogens is 1. The summed E-state index contributed by atoms with van der Waals surface area (Å²) in [5.41, 5.74) is 6.47. The molecule has 9 nitrogen and oxygen atoms in total. The Morgan fingerprint density at radius 1 is 0.766 bits per heavy atom. The molecule has 3 aromatic carbocycles. The van der Waals surface area contributed by atoms with E-state index in [9.17, 15) is 4.79 Å². The van der Waals surface area contributed by atoms with E-state index in [2.05, 4.69) is 0 Å². The van der Waals surface area contributed by atoms with Gasteiger partial charge in [-0.05, 0) is 91.1 Å². The molecule has 6 rings (SSSR count). The number of amides is 1. The van der Waals surface area contributed by atoms with Gasteiger partial charge in [-0.15, -0.1) is 11.8 Å². The van der Waals surface area contributed by atoms with E-state index in [1.54, 1.807) is 54.4 Å². The summed E-state index contributed by atoms with van der Waals surface area (Å²) in [6.07, 6.45) is 5.42. The Morgan fingerprint density at radius 3 is 2.13 bits per heavy atom. The van der Waals surface area contributed by atoms with Crippen molar-refractivity contribution >= 4 is 28.6 Å². The molecule has 1 amide bonds. The number of hydrogen-bond acceptors (Lipinski definition) is 9. The number of carbonyl (C=O) groups excluding carboxylic acids is 1. The van der Waals surface area contributed by atoms with E-state index in [1.807, 2.05) is 47.4 Å². The second-order valence-electron chi connectivity index (χ2n) is 11.7. The van der Waals surface area contributed by atoms with E-state index in [-0.39, 0.29) is 11.9 Å². The average Bonchev–Trinajstić information content (AvgIpc) is 3.11. The lowest BCUT2D eigenvalue weighted by atomic mass is 9.88. The van der Waals surface area contributed by atoms with Crippen LogP contribution in [0.2, 0.25) is 0 Å². The summed E-state index contributed by atoms with van der Waals surface area (Å²) in [5, 5.41) is 0.990. The Hall–Kier alpha value is -4.31. The zero-order valence-electron chi connectivity index (χ0n) is 27.9. The van der Waals surface area contributed by atoms with E-state index < -0.39 is 0 Å². The van der Waals surface area contributed by atoms with Crippen LogP contribution in [0.1, 0.15) is 46.8 Å². The molecule has 2 heterocycles. The molecule has 0 saturated carbocycles. The lowest BCUT2D eigenvalue weighted by Crippen LogP contribution is -2.42. The smallest absolute Gasteiger partial charge is 0.233 e. The predicted octanol–water partition coefficient (Wildman–Crippen LogP) is 6.63. The van der Waals surface area contributed by atoms with Crippen LogP contribution < -0.4 is 28.4 Å². The molecule has 4 aromatic rings. The highest BCUT2D eigenvalue weighted by Gasteiger charge is 2.33. The lowest BCUT2D eigenvalue weighted by Gasteiger charge is -2.38. The van der Waals surface area contributed by atoms with Gasteiger partial charge in [-0.3, -0.25) is 9.78 Å². The Bertz CT molecular complexity index is 1790. The normalized spacial score (nSPS) is 15.4. The largest absolute Gasteiger partial charge is 0.493 e. The monoisotopic (exact) mass is 658 g/mol. The number of nitrogens with zero attached hydrogens (tertiary/aromatic N) is 2. The topological polar surface area (TPSA) is 88.6 Å². The molecular weight excluding hydrogens is 616 g/mol. The van der Waals surface area contributed by atoms with Crippen molar-refractivity contribution in [1.29, 1.82) is 0 Å². The van der Waals surface area contributed by atoms with Crippen molar-refractivity contribution in [3.8, 4) is 34.5 Å². The quantitative estimate of drug-likeness (QED) is 0.165. The Kier molecular flexibility index (Phi) is 9.87. The van der Waals surface area contributed by atoms with Gasteiger partial charge >= 0.3 is 0 Å². The maximum Gasteiger partial charge on any atom is 0.233 e. The highest BCUT2D eigenvalue weighted by atomic mass is 32.2. The van der Waals surface area contributed by atoms with E-state index in [4.69, 9.17) is 33.4 Å². The van der Waals surface area contributed by atoms with Crippen LogP contribution >= 0.6 is 11.8 Å². The first-order valence-corrected chi connectivity index (χ1v) is 16.9. The summed E-state index contributed by atoms with van der Waals surface area (Å²) >= 11 is 1.60. The van der Waals surface area contributed by atoms with Gasteiger partial charge in [0.25, 0.3) is 0 Å². The number of methoxy groups -OCH3 is 6. The van der Waals surface area contributed by atoms with Gasteiger partial charge in [-0.1, -0.05) is 6.07 Å². The van der Waals surface area contributed by atoms with Crippen LogP contribution in [0.5, 0.6) is 34.5 Å². The minimum Gasteiger partial charge on any atom is -0.493 e. The van der Waals surface area contributed by atoms with Crippen molar-refractivity contribution in [3.05, 3.63) is 70.4 Å². The molecule has 0 N–H and O–H groups in total. The number of thioether (sulfide) groups is 1. The molecule has 10 heteroatoms. The van der Waals surface area contributed by atoms with Crippen LogP contribution in [0.15, 0.2) is 47.4 Å². The fourth-order valence-corrected chi connectivity index (χ4v) is 8.01. The van der Waals surface area contributed by atoms with Gasteiger partial charge in [0.1, 0.15) is 0 Å². The Balaban J connectivity index is 1.36. The summed E-state index contributed by atoms with van der Waals surface area (Å²) in [5.74, 6) is 4.33. The molecule has 0 fully saturated rings. The predicted molar refractivity (Wildman–Crippen MR) is 183 cm³/mol. The van der Waals surface area contributed by atoms with Gasteiger partial charge in [-0.2, -0.15) is 0 Å². The van der Waals surface area contributed by atoms with Crippen LogP contribution in [0.25, 0.3) is 10.9 Å². The highest BCUT2D eigenvalue weighted by molar-refractivity contribution is 8.00. The fraction of sp³-hybridized carbons (Fsp3) is 0.405. The summed E-state index contributed by atoms with van der Waals surface area (Å²) < 4.78 is 33.7. The molecule has 47 heavy (non-hydrogen) atoms. The van der Waals surface area contributed by atoms with Crippen LogP contribution in [0.3, 0.4) is 0 Å². The minimum atomic E-state index is -0.211. The number of hydrogen-bond donors (Lipinski definition) is 0. The van der Waals surface area contributed by atoms with E-state index in [0.717, 1.165) is 70.3 Å². The van der Waals surface area contributed by atoms with Crippen molar-refractivity contribution in [3.63, 3.8) is 0 Å². The lowest BCUT2D eigenvalue weighted by molar-refractivity contribution is -0.131. The summed E-state index contributed by atoms with van der Waals surface area (Å²) in [6.45, 7) is 0.597. The van der Waals surface area contributed by atoms with E-state index in [0.29, 0.717) is 53.2 Å². The SMILES string of the molecule is COc1ccc(CC2c3cc(OC)c(OC)cc3CCN2C(=O)CSc2c3c(nc4cc(OC)c(OC)cc24)CCCC3)cc1OC. The molecule has 0 spiro atoms. The fourth-order valence-electron chi connectivity index (χ4n) is 6.87. The molecule has 1 aromatic heterocycles. The van der Waals surface area contributed by atoms with Crippen molar-refractivity contribution in [2.24, 2.45) is 0 Å². The number of aryl methyl sites for hydroxylation is 1. The van der Waals surface area contributed by atoms with Crippen molar-refractivity contribution in [1.82, 2.24) is 9.88 Å². The first-order valence-electron chi connectivity index (χ1n) is 15.9. The molecule has 1 aliphatic carbocycles. The number of pyridine rings is 1. The molecule has 0 saturated heterocycles. The number of benzene rings is 3. The molecule has 2 aliphatic rings. The van der Waals surface area contributed by atoms with Crippen molar-refractivity contribution in [2.75, 3.05) is 55.0 Å². The number of fused-ring (bicyclic) bond motifs is 3. The Labute approximate surface area is 280 Å². The minimum absolute atomic E-state index is 0.0795. The molecule has 0 bridgehead atoms. The van der Waals surface area contributed by atoms with Gasteiger partial charge < -0.3 is 33.3 Å². The van der Waals surface area contributed by atoms with Gasteiger partial charge in [0, 0.05) is 28.6 Å². The summed E-state index contributed by atoms with van der Waals surface area (Å²) in [7, 11) is 9.83. The van der Waals surface area contributed by atoms with Gasteiger partial charge in [0.15, 0.2) is 34.5 Å². The van der Waals surface area contributed by atoms with Crippen molar-refractivity contribution < 1.29 is 33.2 Å². The maximum atomic E-state index is 14.4. The maximum absolute atomic E-state index is 14.4. The second-order valence-corrected chi connectivity index (χ2v) is 12.7. The van der Waals surface area contributed by atoms with Gasteiger partial charge in [0.05, 0.1) is 60.0 Å². The van der Waals surface area contributed by atoms with Crippen LogP contribution in [0, 0.1) is 0 Å². The number of rotatable bonds is 11. The van der Waals surface area contributed by atoms with E-state index in [1.165, 1.54) is 5.56 Å². The number of carbonyl (C=O) groups is 1. The third kappa shape index (κ3) is 6.35. The first kappa shape index (κ1) is 32.6. The molecule has 1 aliphatic heterocycles. The molecular formula is C37H42N2O7S. The highest BCUT2D eigenvalue weighted by Crippen LogP contribution is 2.43. The van der Waals surface area contributed by atoms with Crippen LogP contribution in [-0.2, 0) is 30.5 Å². The zero-order chi connectivity index (χ0) is 33.1. The third-order valence-electron chi connectivity index (χ3n) is 9.25. The van der Waals surface area contributed by atoms with Gasteiger partial charge in [0.2, 0.25) is 5.91 Å². The second kappa shape index (κ2) is 14.2. The van der Waals surface area contributed by atoms with Crippen molar-refractivity contribution in [2.45, 2.75) is 49.5 Å². The molecule has 1 unspecified atom stereocenters. The average molecular weight is 659 g/mol. The van der Waals surface area contributed by atoms with Crippen LogP contribution in [0.4, 0.5) is 0 Å². The van der Waals surface area contributed by atoms with Gasteiger partial charge in [-0.25, -0.2) is 0 Å². The van der Waals surface area contributed by atoms with E-state index >= 15 is 0 Å². The molecule has 1 atom stereocenters. The summed E-state index contributed by atoms with van der Waals surface area (Å²) in [6, 6.07) is 13.7.